The molecule has 20 heavy (non-hydrogen) atoms. The third-order valence-corrected chi connectivity index (χ3v) is 2.38. The van der Waals surface area contributed by atoms with E-state index in [0.29, 0.717) is 11.3 Å². The number of benzene rings is 1. The quantitative estimate of drug-likeness (QED) is 0.626. The van der Waals surface area contributed by atoms with E-state index in [1.54, 1.807) is 18.2 Å². The van der Waals surface area contributed by atoms with Crippen molar-refractivity contribution in [1.29, 1.82) is 0 Å². The van der Waals surface area contributed by atoms with Gasteiger partial charge >= 0.3 is 5.97 Å². The fourth-order valence-electron chi connectivity index (χ4n) is 1.40. The zero-order valence-corrected chi connectivity index (χ0v) is 10.8. The number of carboxylic acid groups (broad SMARTS) is 1. The van der Waals surface area contributed by atoms with Crippen molar-refractivity contribution < 1.29 is 24.2 Å². The summed E-state index contributed by atoms with van der Waals surface area (Å²) in [7, 11) is 0. The number of hydrogen-bond donors (Lipinski definition) is 3. The van der Waals surface area contributed by atoms with E-state index < -0.39 is 11.9 Å². The molecule has 0 aliphatic carbocycles. The molecule has 0 heterocycles. The van der Waals surface area contributed by atoms with Gasteiger partial charge in [0, 0.05) is 12.1 Å². The van der Waals surface area contributed by atoms with Gasteiger partial charge < -0.3 is 20.9 Å². The maximum atomic E-state index is 11.3. The number of ether oxygens (including phenoxy) is 1. The number of primary amides is 1. The molecule has 1 aromatic rings. The average molecular weight is 280 g/mol. The molecule has 7 nitrogen and oxygen atoms in total. The number of amides is 2. The standard InChI is InChI=1S/C13H16N2O5/c14-13(19)9-2-1-3-10(8-9)20-7-5-11(16)15-6-4-12(17)18/h1-3,8H,4-7H2,(H2,14,19)(H,15,16)(H,17,18). The molecule has 108 valence electrons. The lowest BCUT2D eigenvalue weighted by molar-refractivity contribution is -0.136. The number of aliphatic carboxylic acids is 1. The Morgan fingerprint density at radius 1 is 1.25 bits per heavy atom. The minimum atomic E-state index is -0.968. The molecule has 1 rings (SSSR count). The molecule has 2 amide bonds. The summed E-state index contributed by atoms with van der Waals surface area (Å²) in [5.41, 5.74) is 5.46. The molecule has 0 aliphatic rings. The maximum Gasteiger partial charge on any atom is 0.305 e. The Hall–Kier alpha value is -2.57. The van der Waals surface area contributed by atoms with Gasteiger partial charge in [-0.2, -0.15) is 0 Å². The third kappa shape index (κ3) is 5.85. The van der Waals surface area contributed by atoms with E-state index in [9.17, 15) is 14.4 Å². The second-order valence-corrected chi connectivity index (χ2v) is 3.98. The van der Waals surface area contributed by atoms with Crippen LogP contribution in [0.25, 0.3) is 0 Å². The molecule has 0 spiro atoms. The van der Waals surface area contributed by atoms with Gasteiger partial charge in [0.25, 0.3) is 0 Å². The van der Waals surface area contributed by atoms with Gasteiger partial charge in [-0.15, -0.1) is 0 Å². The fourth-order valence-corrected chi connectivity index (χ4v) is 1.40. The number of nitrogens with one attached hydrogen (secondary N) is 1. The maximum absolute atomic E-state index is 11.3. The number of carbonyl (C=O) groups is 3. The normalized spacial score (nSPS) is 9.80. The van der Waals surface area contributed by atoms with Crippen LogP contribution in [0.1, 0.15) is 23.2 Å². The van der Waals surface area contributed by atoms with Crippen LogP contribution in [0.2, 0.25) is 0 Å². The molecule has 4 N–H and O–H groups in total. The molecule has 0 atom stereocenters. The highest BCUT2D eigenvalue weighted by Gasteiger charge is 2.05. The molecular weight excluding hydrogens is 264 g/mol. The van der Waals surface area contributed by atoms with Crippen molar-refractivity contribution in [2.24, 2.45) is 5.73 Å². The lowest BCUT2D eigenvalue weighted by Crippen LogP contribution is -2.27. The predicted octanol–water partition coefficient (Wildman–Crippen LogP) is 0.145. The number of nitrogens with two attached hydrogens (primary N) is 1. The van der Waals surface area contributed by atoms with Gasteiger partial charge in [-0.3, -0.25) is 14.4 Å². The molecular formula is C13H16N2O5. The minimum absolute atomic E-state index is 0.0886. The van der Waals surface area contributed by atoms with Crippen molar-refractivity contribution in [2.75, 3.05) is 13.2 Å². The Balaban J connectivity index is 2.30. The van der Waals surface area contributed by atoms with Crippen molar-refractivity contribution in [3.63, 3.8) is 0 Å². The van der Waals surface area contributed by atoms with Crippen molar-refractivity contribution in [3.8, 4) is 5.75 Å². The first-order chi connectivity index (χ1) is 9.49. The summed E-state index contributed by atoms with van der Waals surface area (Å²) in [4.78, 5) is 32.5. The highest BCUT2D eigenvalue weighted by Crippen LogP contribution is 2.12. The van der Waals surface area contributed by atoms with Crippen molar-refractivity contribution in [1.82, 2.24) is 5.32 Å². The lowest BCUT2D eigenvalue weighted by atomic mass is 10.2. The summed E-state index contributed by atoms with van der Waals surface area (Å²) >= 11 is 0. The summed E-state index contributed by atoms with van der Waals surface area (Å²) in [5.74, 6) is -1.37. The molecule has 0 fully saturated rings. The van der Waals surface area contributed by atoms with Crippen LogP contribution >= 0.6 is 0 Å². The second kappa shape index (κ2) is 7.78. The van der Waals surface area contributed by atoms with Gasteiger partial charge in [0.2, 0.25) is 11.8 Å². The van der Waals surface area contributed by atoms with Crippen LogP contribution in [0.5, 0.6) is 5.75 Å². The number of carboxylic acids is 1. The van der Waals surface area contributed by atoms with Gasteiger partial charge in [-0.25, -0.2) is 0 Å². The van der Waals surface area contributed by atoms with Gasteiger partial charge in [-0.05, 0) is 18.2 Å². The Morgan fingerprint density at radius 2 is 2.00 bits per heavy atom. The summed E-state index contributed by atoms with van der Waals surface area (Å²) in [5, 5.41) is 10.9. The smallest absolute Gasteiger partial charge is 0.305 e. The van der Waals surface area contributed by atoms with Crippen LogP contribution in [0.3, 0.4) is 0 Å². The van der Waals surface area contributed by atoms with Crippen molar-refractivity contribution in [3.05, 3.63) is 29.8 Å². The number of rotatable bonds is 8. The highest BCUT2D eigenvalue weighted by atomic mass is 16.5. The van der Waals surface area contributed by atoms with Crippen molar-refractivity contribution in [2.45, 2.75) is 12.8 Å². The van der Waals surface area contributed by atoms with E-state index in [1.807, 2.05) is 0 Å². The van der Waals surface area contributed by atoms with E-state index >= 15 is 0 Å². The summed E-state index contributed by atoms with van der Waals surface area (Å²) < 4.78 is 5.31. The molecule has 0 unspecified atom stereocenters. The van der Waals surface area contributed by atoms with Gasteiger partial charge in [0.15, 0.2) is 0 Å². The molecule has 0 aliphatic heterocycles. The first-order valence-corrected chi connectivity index (χ1v) is 6.00. The van der Waals surface area contributed by atoms with Crippen LogP contribution in [0, 0.1) is 0 Å². The molecule has 0 bridgehead atoms. The van der Waals surface area contributed by atoms with Crippen LogP contribution in [-0.2, 0) is 9.59 Å². The minimum Gasteiger partial charge on any atom is -0.493 e. The zero-order valence-electron chi connectivity index (χ0n) is 10.8. The Kier molecular flexibility index (Phi) is 6.02. The van der Waals surface area contributed by atoms with E-state index in [-0.39, 0.29) is 31.9 Å². The van der Waals surface area contributed by atoms with Crippen LogP contribution in [0.4, 0.5) is 0 Å². The van der Waals surface area contributed by atoms with E-state index in [1.165, 1.54) is 6.07 Å². The highest BCUT2D eigenvalue weighted by molar-refractivity contribution is 5.93. The van der Waals surface area contributed by atoms with E-state index in [4.69, 9.17) is 15.6 Å². The summed E-state index contributed by atoms with van der Waals surface area (Å²) in [6.45, 7) is 0.215. The first kappa shape index (κ1) is 15.5. The van der Waals surface area contributed by atoms with Crippen LogP contribution in [-0.4, -0.2) is 36.0 Å². The molecule has 0 saturated carbocycles. The second-order valence-electron chi connectivity index (χ2n) is 3.98. The number of hydrogen-bond acceptors (Lipinski definition) is 4. The van der Waals surface area contributed by atoms with Gasteiger partial charge in [0.05, 0.1) is 19.4 Å². The lowest BCUT2D eigenvalue weighted by Gasteiger charge is -2.07. The van der Waals surface area contributed by atoms with E-state index in [2.05, 4.69) is 5.32 Å². The Bertz CT molecular complexity index is 501. The molecule has 7 heteroatoms. The molecule has 0 radical (unpaired) electrons. The summed E-state index contributed by atoms with van der Waals surface area (Å²) in [6, 6.07) is 6.33. The first-order valence-electron chi connectivity index (χ1n) is 6.00. The van der Waals surface area contributed by atoms with E-state index in [0.717, 1.165) is 0 Å². The predicted molar refractivity (Wildman–Crippen MR) is 70.3 cm³/mol. The molecule has 0 aromatic heterocycles. The third-order valence-electron chi connectivity index (χ3n) is 2.38. The average Bonchev–Trinajstić information content (AvgIpc) is 2.38. The molecule has 0 saturated heterocycles. The van der Waals surface area contributed by atoms with Crippen molar-refractivity contribution >= 4 is 17.8 Å². The molecule has 1 aromatic carbocycles. The van der Waals surface area contributed by atoms with Crippen LogP contribution in [0.15, 0.2) is 24.3 Å². The fraction of sp³-hybridized carbons (Fsp3) is 0.308. The summed E-state index contributed by atoms with van der Waals surface area (Å²) in [6.07, 6.45) is -0.0202. The Morgan fingerprint density at radius 3 is 2.65 bits per heavy atom. The monoisotopic (exact) mass is 280 g/mol. The number of carbonyl (C=O) groups excluding carboxylic acids is 2. The van der Waals surface area contributed by atoms with Gasteiger partial charge in [-0.1, -0.05) is 6.07 Å². The van der Waals surface area contributed by atoms with Gasteiger partial charge in [0.1, 0.15) is 5.75 Å². The van der Waals surface area contributed by atoms with Crippen LogP contribution < -0.4 is 15.8 Å². The zero-order chi connectivity index (χ0) is 15.0. The topological polar surface area (TPSA) is 119 Å². The Labute approximate surface area is 115 Å². The largest absolute Gasteiger partial charge is 0.493 e. The SMILES string of the molecule is NC(=O)c1cccc(OCCC(=O)NCCC(=O)O)c1.